The van der Waals surface area contributed by atoms with Gasteiger partial charge in [0.05, 0.1) is 6.54 Å². The van der Waals surface area contributed by atoms with Crippen LogP contribution in [-0.2, 0) is 13.6 Å². The molecule has 4 N–H and O–H groups in total. The van der Waals surface area contributed by atoms with Crippen LogP contribution < -0.4 is 17.0 Å². The molecule has 0 aromatic carbocycles. The van der Waals surface area contributed by atoms with Gasteiger partial charge in [-0.3, -0.25) is 14.3 Å². The maximum absolute atomic E-state index is 11.3. The average molecular weight is 195 g/mol. The number of nitrogens with zero attached hydrogens (tertiary/aromatic N) is 2. The van der Waals surface area contributed by atoms with Crippen molar-refractivity contribution in [3.63, 3.8) is 0 Å². The molecule has 0 bridgehead atoms. The second-order valence-corrected chi connectivity index (χ2v) is 2.90. The van der Waals surface area contributed by atoms with E-state index in [2.05, 4.69) is 15.0 Å². The summed E-state index contributed by atoms with van der Waals surface area (Å²) in [7, 11) is 1.53. The van der Waals surface area contributed by atoms with E-state index in [9.17, 15) is 9.59 Å². The van der Waals surface area contributed by atoms with Crippen molar-refractivity contribution >= 4 is 11.2 Å². The maximum Gasteiger partial charge on any atom is 0.329 e. The number of rotatable bonds is 1. The van der Waals surface area contributed by atoms with Crippen LogP contribution in [0, 0.1) is 0 Å². The fourth-order valence-electron chi connectivity index (χ4n) is 1.25. The van der Waals surface area contributed by atoms with E-state index < -0.39 is 11.2 Å². The van der Waals surface area contributed by atoms with Crippen LogP contribution in [0.25, 0.3) is 11.2 Å². The number of hydrogen-bond donors (Lipinski definition) is 3. The summed E-state index contributed by atoms with van der Waals surface area (Å²) >= 11 is 0. The number of aryl methyl sites for hydroxylation is 1. The van der Waals surface area contributed by atoms with Crippen molar-refractivity contribution in [2.45, 2.75) is 6.54 Å². The first kappa shape index (κ1) is 8.70. The Morgan fingerprint density at radius 1 is 1.43 bits per heavy atom. The zero-order valence-electron chi connectivity index (χ0n) is 7.50. The molecule has 2 heterocycles. The minimum absolute atomic E-state index is 0.197. The molecule has 0 aliphatic rings. The number of hydrogen-bond acceptors (Lipinski definition) is 4. The number of fused-ring (bicyclic) bond motifs is 1. The lowest BCUT2D eigenvalue weighted by molar-refractivity contribution is 0.829. The molecule has 0 aliphatic heterocycles. The third-order valence-electron chi connectivity index (χ3n) is 2.00. The molecular weight excluding hydrogens is 186 g/mol. The molecule has 0 aliphatic carbocycles. The number of aromatic nitrogens is 4. The van der Waals surface area contributed by atoms with Crippen molar-refractivity contribution in [1.82, 2.24) is 19.5 Å². The predicted molar refractivity (Wildman–Crippen MR) is 49.8 cm³/mol. The highest BCUT2D eigenvalue weighted by Crippen LogP contribution is 2.01. The van der Waals surface area contributed by atoms with E-state index in [0.29, 0.717) is 11.5 Å². The average Bonchev–Trinajstić information content (AvgIpc) is 2.58. The maximum atomic E-state index is 11.3. The number of H-pyrrole nitrogens is 2. The van der Waals surface area contributed by atoms with Crippen LogP contribution in [-0.4, -0.2) is 19.5 Å². The second kappa shape index (κ2) is 2.81. The largest absolute Gasteiger partial charge is 0.335 e. The Morgan fingerprint density at radius 3 is 2.79 bits per heavy atom. The van der Waals surface area contributed by atoms with Crippen LogP contribution in [0.2, 0.25) is 0 Å². The monoisotopic (exact) mass is 195 g/mol. The van der Waals surface area contributed by atoms with Crippen LogP contribution in [0.15, 0.2) is 9.59 Å². The number of imidazole rings is 1. The molecule has 0 amide bonds. The minimum Gasteiger partial charge on any atom is -0.335 e. The normalized spacial score (nSPS) is 11.0. The molecule has 0 atom stereocenters. The quantitative estimate of drug-likeness (QED) is 0.509. The highest BCUT2D eigenvalue weighted by Gasteiger charge is 2.08. The molecule has 0 radical (unpaired) electrons. The van der Waals surface area contributed by atoms with E-state index in [-0.39, 0.29) is 12.1 Å². The van der Waals surface area contributed by atoms with E-state index in [0.717, 1.165) is 0 Å². The van der Waals surface area contributed by atoms with Gasteiger partial charge in [0.1, 0.15) is 11.3 Å². The second-order valence-electron chi connectivity index (χ2n) is 2.90. The molecule has 2 rings (SSSR count). The van der Waals surface area contributed by atoms with E-state index in [4.69, 9.17) is 5.73 Å². The molecule has 0 fully saturated rings. The Balaban J connectivity index is 2.99. The van der Waals surface area contributed by atoms with Crippen molar-refractivity contribution in [2.75, 3.05) is 0 Å². The van der Waals surface area contributed by atoms with Gasteiger partial charge in [-0.05, 0) is 0 Å². The van der Waals surface area contributed by atoms with E-state index >= 15 is 0 Å². The van der Waals surface area contributed by atoms with Gasteiger partial charge in [0.25, 0.3) is 5.56 Å². The van der Waals surface area contributed by atoms with Crippen molar-refractivity contribution in [3.05, 3.63) is 26.7 Å². The van der Waals surface area contributed by atoms with Gasteiger partial charge in [-0.1, -0.05) is 0 Å². The van der Waals surface area contributed by atoms with Gasteiger partial charge in [-0.2, -0.15) is 0 Å². The van der Waals surface area contributed by atoms with Crippen molar-refractivity contribution in [3.8, 4) is 0 Å². The first-order valence-corrected chi connectivity index (χ1v) is 4.01. The summed E-state index contributed by atoms with van der Waals surface area (Å²) < 4.78 is 1.26. The van der Waals surface area contributed by atoms with Crippen LogP contribution in [0.1, 0.15) is 5.82 Å². The Morgan fingerprint density at radius 2 is 2.14 bits per heavy atom. The summed E-state index contributed by atoms with van der Waals surface area (Å²) in [5.41, 5.74) is 4.98. The summed E-state index contributed by atoms with van der Waals surface area (Å²) in [5.74, 6) is 0.478. The Labute approximate surface area is 77.6 Å². The lowest BCUT2D eigenvalue weighted by atomic mass is 10.5. The highest BCUT2D eigenvalue weighted by atomic mass is 16.2. The van der Waals surface area contributed by atoms with Crippen molar-refractivity contribution < 1.29 is 0 Å². The first-order valence-electron chi connectivity index (χ1n) is 4.01. The summed E-state index contributed by atoms with van der Waals surface area (Å²) in [6.45, 7) is 0.197. The topological polar surface area (TPSA) is 110 Å². The molecule has 74 valence electrons. The van der Waals surface area contributed by atoms with Crippen molar-refractivity contribution in [2.24, 2.45) is 12.8 Å². The van der Waals surface area contributed by atoms with Crippen LogP contribution in [0.3, 0.4) is 0 Å². The highest BCUT2D eigenvalue weighted by molar-refractivity contribution is 5.69. The van der Waals surface area contributed by atoms with Crippen LogP contribution >= 0.6 is 0 Å². The number of aromatic amines is 2. The smallest absolute Gasteiger partial charge is 0.329 e. The summed E-state index contributed by atoms with van der Waals surface area (Å²) in [6, 6.07) is 0. The van der Waals surface area contributed by atoms with Gasteiger partial charge in [-0.25, -0.2) is 9.78 Å². The molecule has 0 saturated carbocycles. The summed E-state index contributed by atoms with van der Waals surface area (Å²) in [6.07, 6.45) is 0. The molecule has 0 saturated heterocycles. The molecule has 14 heavy (non-hydrogen) atoms. The van der Waals surface area contributed by atoms with Gasteiger partial charge < -0.3 is 10.7 Å². The molecule has 0 unspecified atom stereocenters. The lowest BCUT2D eigenvalue weighted by Gasteiger charge is -1.94. The number of nitrogens with one attached hydrogen (secondary N) is 2. The molecule has 2 aromatic rings. The standard InChI is InChI=1S/C7H9N5O2/c1-12-5-4(6(13)11-7(12)14)9-3(2-8)10-5/h2,8H2,1H3,(H,9,10)(H,11,13,14). The van der Waals surface area contributed by atoms with Gasteiger partial charge in [-0.15, -0.1) is 0 Å². The number of nitrogens with two attached hydrogens (primary N) is 1. The van der Waals surface area contributed by atoms with E-state index in [1.807, 2.05) is 0 Å². The Bertz CT molecular complexity index is 590. The lowest BCUT2D eigenvalue weighted by Crippen LogP contribution is -2.28. The van der Waals surface area contributed by atoms with E-state index in [1.165, 1.54) is 11.6 Å². The SMILES string of the molecule is Cn1c(=O)[nH]c(=O)c2[nH]c(CN)nc21. The Hall–Kier alpha value is -1.89. The fourth-order valence-corrected chi connectivity index (χ4v) is 1.25. The third-order valence-corrected chi connectivity index (χ3v) is 2.00. The van der Waals surface area contributed by atoms with E-state index in [1.54, 1.807) is 0 Å². The zero-order valence-corrected chi connectivity index (χ0v) is 7.50. The molecule has 0 spiro atoms. The third kappa shape index (κ3) is 1.06. The van der Waals surface area contributed by atoms with Crippen LogP contribution in [0.5, 0.6) is 0 Å². The zero-order chi connectivity index (χ0) is 10.3. The van der Waals surface area contributed by atoms with Gasteiger partial charge in [0, 0.05) is 7.05 Å². The van der Waals surface area contributed by atoms with Gasteiger partial charge in [0.2, 0.25) is 0 Å². The minimum atomic E-state index is -0.488. The molecule has 7 nitrogen and oxygen atoms in total. The van der Waals surface area contributed by atoms with Gasteiger partial charge in [0.15, 0.2) is 5.65 Å². The summed E-state index contributed by atoms with van der Waals surface area (Å²) in [5, 5.41) is 0. The summed E-state index contributed by atoms with van der Waals surface area (Å²) in [4.78, 5) is 31.4. The molecule has 2 aromatic heterocycles. The Kier molecular flexibility index (Phi) is 1.74. The van der Waals surface area contributed by atoms with Crippen LogP contribution in [0.4, 0.5) is 0 Å². The fraction of sp³-hybridized carbons (Fsp3) is 0.286. The van der Waals surface area contributed by atoms with Gasteiger partial charge >= 0.3 is 5.69 Å². The predicted octanol–water partition coefficient (Wildman–Crippen LogP) is -1.59. The van der Waals surface area contributed by atoms with Crippen molar-refractivity contribution in [1.29, 1.82) is 0 Å². The molecule has 7 heteroatoms. The first-order chi connectivity index (χ1) is 6.63. The molecular formula is C7H9N5O2.